The number of carboxylic acids is 1. The van der Waals surface area contributed by atoms with Crippen molar-refractivity contribution in [3.8, 4) is 0 Å². The molecule has 0 aromatic heterocycles. The van der Waals surface area contributed by atoms with E-state index in [1.807, 2.05) is 12.1 Å². The zero-order chi connectivity index (χ0) is 13.5. The lowest BCUT2D eigenvalue weighted by Gasteiger charge is -2.07. The molecule has 0 unspecified atom stereocenters. The summed E-state index contributed by atoms with van der Waals surface area (Å²) in [6.45, 7) is 4.45. The molecule has 4 heteroatoms. The first-order valence-corrected chi connectivity index (χ1v) is 6.08. The van der Waals surface area contributed by atoms with E-state index in [1.54, 1.807) is 12.1 Å². The number of carbonyl (C=O) groups excluding carboxylic acids is 1. The van der Waals surface area contributed by atoms with E-state index in [0.717, 1.165) is 6.42 Å². The Morgan fingerprint density at radius 3 is 2.33 bits per heavy atom. The summed E-state index contributed by atoms with van der Waals surface area (Å²) in [4.78, 5) is 22.0. The van der Waals surface area contributed by atoms with E-state index in [1.165, 1.54) is 5.56 Å². The van der Waals surface area contributed by atoms with Gasteiger partial charge in [-0.1, -0.05) is 26.0 Å². The fraction of sp³-hybridized carbons (Fsp3) is 0.429. The van der Waals surface area contributed by atoms with Gasteiger partial charge >= 0.3 is 5.97 Å². The van der Waals surface area contributed by atoms with Crippen LogP contribution in [0.3, 0.4) is 0 Å². The number of carboxylic acid groups (broad SMARTS) is 1. The second-order valence-corrected chi connectivity index (χ2v) is 4.69. The molecule has 0 spiro atoms. The minimum atomic E-state index is -0.914. The van der Waals surface area contributed by atoms with Crippen LogP contribution >= 0.6 is 0 Å². The van der Waals surface area contributed by atoms with Gasteiger partial charge in [-0.25, -0.2) is 0 Å². The summed E-state index contributed by atoms with van der Waals surface area (Å²) < 4.78 is 0. The number of nitrogens with one attached hydrogen (secondary N) is 1. The van der Waals surface area contributed by atoms with E-state index in [4.69, 9.17) is 5.11 Å². The normalized spacial score (nSPS) is 10.4. The van der Waals surface area contributed by atoms with Crippen LogP contribution in [0.5, 0.6) is 0 Å². The first kappa shape index (κ1) is 14.2. The number of aliphatic carboxylic acids is 1. The highest BCUT2D eigenvalue weighted by Crippen LogP contribution is 2.09. The van der Waals surface area contributed by atoms with E-state index in [9.17, 15) is 9.59 Å². The summed E-state index contributed by atoms with van der Waals surface area (Å²) in [7, 11) is 0. The van der Waals surface area contributed by atoms with Crippen molar-refractivity contribution in [1.29, 1.82) is 0 Å². The first-order valence-electron chi connectivity index (χ1n) is 6.08. The van der Waals surface area contributed by atoms with Crippen molar-refractivity contribution in [2.24, 2.45) is 5.92 Å². The molecule has 0 aliphatic rings. The van der Waals surface area contributed by atoms with E-state index < -0.39 is 5.97 Å². The van der Waals surface area contributed by atoms with Crippen LogP contribution in [0.2, 0.25) is 0 Å². The van der Waals surface area contributed by atoms with Gasteiger partial charge in [0.05, 0.1) is 6.42 Å². The highest BCUT2D eigenvalue weighted by molar-refractivity contribution is 5.94. The number of carbonyl (C=O) groups is 2. The molecule has 0 saturated heterocycles. The van der Waals surface area contributed by atoms with Gasteiger partial charge in [0.2, 0.25) is 0 Å². The van der Waals surface area contributed by atoms with Crippen molar-refractivity contribution in [3.63, 3.8) is 0 Å². The van der Waals surface area contributed by atoms with Gasteiger partial charge in [-0.15, -0.1) is 0 Å². The standard InChI is InChI=1S/C14H19NO3/c1-10(2)9-11-3-5-12(6-4-11)14(18)15-8-7-13(16)17/h3-6,10H,7-9H2,1-2H3,(H,15,18)(H,16,17). The van der Waals surface area contributed by atoms with E-state index >= 15 is 0 Å². The Bertz CT molecular complexity index is 410. The molecule has 0 fully saturated rings. The van der Waals surface area contributed by atoms with Crippen LogP contribution in [-0.2, 0) is 11.2 Å². The van der Waals surface area contributed by atoms with Crippen molar-refractivity contribution in [3.05, 3.63) is 35.4 Å². The highest BCUT2D eigenvalue weighted by atomic mass is 16.4. The summed E-state index contributed by atoms with van der Waals surface area (Å²) in [6, 6.07) is 7.42. The molecule has 1 aromatic carbocycles. The maximum atomic E-state index is 11.7. The van der Waals surface area contributed by atoms with Crippen LogP contribution in [0, 0.1) is 5.92 Å². The predicted molar refractivity (Wildman–Crippen MR) is 69.6 cm³/mol. The van der Waals surface area contributed by atoms with E-state index in [0.29, 0.717) is 11.5 Å². The Morgan fingerprint density at radius 2 is 1.83 bits per heavy atom. The third-order valence-corrected chi connectivity index (χ3v) is 2.48. The van der Waals surface area contributed by atoms with Gasteiger partial charge in [-0.2, -0.15) is 0 Å². The van der Waals surface area contributed by atoms with Crippen LogP contribution in [0.25, 0.3) is 0 Å². The molecule has 0 aliphatic heterocycles. The second-order valence-electron chi connectivity index (χ2n) is 4.69. The lowest BCUT2D eigenvalue weighted by Crippen LogP contribution is -2.25. The zero-order valence-electron chi connectivity index (χ0n) is 10.8. The van der Waals surface area contributed by atoms with Gasteiger partial charge in [0.15, 0.2) is 0 Å². The molecule has 1 rings (SSSR count). The molecule has 0 saturated carbocycles. The van der Waals surface area contributed by atoms with Crippen LogP contribution in [0.1, 0.15) is 36.2 Å². The average Bonchev–Trinajstić information content (AvgIpc) is 2.28. The number of benzene rings is 1. The summed E-state index contributed by atoms with van der Waals surface area (Å²) in [5, 5.41) is 11.0. The predicted octanol–water partition coefficient (Wildman–Crippen LogP) is 2.09. The van der Waals surface area contributed by atoms with Crippen molar-refractivity contribution >= 4 is 11.9 Å². The minimum absolute atomic E-state index is 0.0584. The molecule has 0 radical (unpaired) electrons. The highest BCUT2D eigenvalue weighted by Gasteiger charge is 2.06. The fourth-order valence-corrected chi connectivity index (χ4v) is 1.65. The maximum absolute atomic E-state index is 11.7. The third-order valence-electron chi connectivity index (χ3n) is 2.48. The van der Waals surface area contributed by atoms with Gasteiger partial charge in [0, 0.05) is 12.1 Å². The smallest absolute Gasteiger partial charge is 0.305 e. The Kier molecular flexibility index (Phi) is 5.36. The molecule has 4 nitrogen and oxygen atoms in total. The number of hydrogen-bond acceptors (Lipinski definition) is 2. The van der Waals surface area contributed by atoms with Gasteiger partial charge in [-0.05, 0) is 30.0 Å². The minimum Gasteiger partial charge on any atom is -0.481 e. The SMILES string of the molecule is CC(C)Cc1ccc(C(=O)NCCC(=O)O)cc1. The van der Waals surface area contributed by atoms with Crippen molar-refractivity contribution in [2.45, 2.75) is 26.7 Å². The molecule has 1 amide bonds. The fourth-order valence-electron chi connectivity index (χ4n) is 1.65. The van der Waals surface area contributed by atoms with E-state index in [2.05, 4.69) is 19.2 Å². The van der Waals surface area contributed by atoms with Crippen molar-refractivity contribution < 1.29 is 14.7 Å². The first-order chi connectivity index (χ1) is 8.49. The molecule has 0 aliphatic carbocycles. The Morgan fingerprint density at radius 1 is 1.22 bits per heavy atom. The van der Waals surface area contributed by atoms with Crippen LogP contribution < -0.4 is 5.32 Å². The number of rotatable bonds is 6. The zero-order valence-corrected chi connectivity index (χ0v) is 10.8. The molecule has 2 N–H and O–H groups in total. The van der Waals surface area contributed by atoms with Crippen molar-refractivity contribution in [2.75, 3.05) is 6.54 Å². The maximum Gasteiger partial charge on any atom is 0.305 e. The van der Waals surface area contributed by atoms with Gasteiger partial charge in [0.1, 0.15) is 0 Å². The second kappa shape index (κ2) is 6.79. The number of amides is 1. The Balaban J connectivity index is 2.51. The van der Waals surface area contributed by atoms with Gasteiger partial charge < -0.3 is 10.4 Å². The molecule has 0 atom stereocenters. The molecular formula is C14H19NO3. The van der Waals surface area contributed by atoms with Gasteiger partial charge in [-0.3, -0.25) is 9.59 Å². The third kappa shape index (κ3) is 4.99. The monoisotopic (exact) mass is 249 g/mol. The van der Waals surface area contributed by atoms with Gasteiger partial charge in [0.25, 0.3) is 5.91 Å². The lowest BCUT2D eigenvalue weighted by atomic mass is 10.0. The van der Waals surface area contributed by atoms with Crippen LogP contribution in [0.15, 0.2) is 24.3 Å². The quantitative estimate of drug-likeness (QED) is 0.811. The summed E-state index contributed by atoms with van der Waals surface area (Å²) in [5.74, 6) is -0.560. The molecule has 18 heavy (non-hydrogen) atoms. The largest absolute Gasteiger partial charge is 0.481 e. The molecule has 0 heterocycles. The molecule has 98 valence electrons. The summed E-state index contributed by atoms with van der Waals surface area (Å²) >= 11 is 0. The number of hydrogen-bond donors (Lipinski definition) is 2. The topological polar surface area (TPSA) is 66.4 Å². The van der Waals surface area contributed by atoms with Crippen LogP contribution in [0.4, 0.5) is 0 Å². The average molecular weight is 249 g/mol. The molecular weight excluding hydrogens is 230 g/mol. The Hall–Kier alpha value is -1.84. The summed E-state index contributed by atoms with van der Waals surface area (Å²) in [6.07, 6.45) is 0.929. The van der Waals surface area contributed by atoms with E-state index in [-0.39, 0.29) is 18.9 Å². The lowest BCUT2D eigenvalue weighted by molar-refractivity contribution is -0.136. The van der Waals surface area contributed by atoms with Crippen molar-refractivity contribution in [1.82, 2.24) is 5.32 Å². The Labute approximate surface area is 107 Å². The molecule has 1 aromatic rings. The molecule has 0 bridgehead atoms. The van der Waals surface area contributed by atoms with Crippen LogP contribution in [-0.4, -0.2) is 23.5 Å². The summed E-state index contributed by atoms with van der Waals surface area (Å²) in [5.41, 5.74) is 1.76.